The number of nitrogens with zero attached hydrogens (tertiary/aromatic N) is 2. The van der Waals surface area contributed by atoms with Crippen molar-refractivity contribution in [1.29, 1.82) is 0 Å². The van der Waals surface area contributed by atoms with E-state index in [-0.39, 0.29) is 30.6 Å². The van der Waals surface area contributed by atoms with Crippen molar-refractivity contribution < 1.29 is 14.7 Å². The summed E-state index contributed by atoms with van der Waals surface area (Å²) < 4.78 is 1.47. The molecule has 0 radical (unpaired) electrons. The number of amides is 1. The Bertz CT molecular complexity index is 692. The van der Waals surface area contributed by atoms with Crippen LogP contribution in [0.5, 0.6) is 0 Å². The highest BCUT2D eigenvalue weighted by molar-refractivity contribution is 5.92. The number of hydrogen-bond acceptors (Lipinski definition) is 3. The predicted molar refractivity (Wildman–Crippen MR) is 90.8 cm³/mol. The molecule has 1 heterocycles. The average molecular weight is 329 g/mol. The maximum absolute atomic E-state index is 12.2. The Hall–Kier alpha value is -2.63. The van der Waals surface area contributed by atoms with Crippen molar-refractivity contribution in [2.45, 2.75) is 45.7 Å². The summed E-state index contributed by atoms with van der Waals surface area (Å²) in [7, 11) is 0. The van der Waals surface area contributed by atoms with Gasteiger partial charge in [-0.15, -0.1) is 0 Å². The van der Waals surface area contributed by atoms with Crippen LogP contribution in [0.3, 0.4) is 0 Å². The number of aliphatic carboxylic acids is 1. The molecule has 2 rings (SSSR count). The maximum atomic E-state index is 12.2. The molecule has 1 aromatic heterocycles. The number of carboxylic acid groups (broad SMARTS) is 1. The lowest BCUT2D eigenvalue weighted by Gasteiger charge is -2.14. The fraction of sp³-hybridized carbons (Fsp3) is 0.389. The van der Waals surface area contributed by atoms with E-state index in [1.807, 2.05) is 19.1 Å². The molecule has 1 amide bonds. The molecule has 24 heavy (non-hydrogen) atoms. The quantitative estimate of drug-likeness (QED) is 0.780. The van der Waals surface area contributed by atoms with Gasteiger partial charge in [0.05, 0.1) is 19.0 Å². The standard InChI is InChI=1S/C18H23N3O3/c1-3-4-14-5-7-15(8-6-14)13(2)19-18(24)16-9-11-21(20-16)12-10-17(22)23/h5-9,11,13H,3-4,10,12H2,1-2H3,(H,19,24)(H,22,23). The molecule has 6 heteroatoms. The van der Waals surface area contributed by atoms with Gasteiger partial charge in [-0.2, -0.15) is 5.10 Å². The first-order valence-electron chi connectivity index (χ1n) is 8.14. The summed E-state index contributed by atoms with van der Waals surface area (Å²) in [6.07, 6.45) is 3.75. The van der Waals surface area contributed by atoms with Crippen LogP contribution < -0.4 is 5.32 Å². The fourth-order valence-electron chi connectivity index (χ4n) is 2.43. The second-order valence-electron chi connectivity index (χ2n) is 5.79. The third kappa shape index (κ3) is 4.94. The van der Waals surface area contributed by atoms with Crippen LogP contribution in [0.4, 0.5) is 0 Å². The Morgan fingerprint density at radius 1 is 1.25 bits per heavy atom. The van der Waals surface area contributed by atoms with Crippen molar-refractivity contribution in [3.05, 3.63) is 53.3 Å². The van der Waals surface area contributed by atoms with Crippen molar-refractivity contribution in [2.75, 3.05) is 0 Å². The predicted octanol–water partition coefficient (Wildman–Crippen LogP) is 2.80. The van der Waals surface area contributed by atoms with Crippen molar-refractivity contribution in [2.24, 2.45) is 0 Å². The molecule has 0 aliphatic carbocycles. The summed E-state index contributed by atoms with van der Waals surface area (Å²) in [6, 6.07) is 9.69. The number of nitrogens with one attached hydrogen (secondary N) is 1. The molecule has 0 saturated carbocycles. The van der Waals surface area contributed by atoms with Crippen LogP contribution in [0, 0.1) is 0 Å². The molecule has 1 atom stereocenters. The van der Waals surface area contributed by atoms with Gasteiger partial charge in [0.15, 0.2) is 0 Å². The van der Waals surface area contributed by atoms with Crippen LogP contribution in [0.25, 0.3) is 0 Å². The van der Waals surface area contributed by atoms with E-state index in [0.717, 1.165) is 18.4 Å². The molecule has 0 fully saturated rings. The highest BCUT2D eigenvalue weighted by Gasteiger charge is 2.14. The van der Waals surface area contributed by atoms with E-state index >= 15 is 0 Å². The molecule has 6 nitrogen and oxygen atoms in total. The van der Waals surface area contributed by atoms with Crippen LogP contribution in [-0.2, 0) is 17.8 Å². The minimum absolute atomic E-state index is 0.0246. The normalized spacial score (nSPS) is 11.9. The van der Waals surface area contributed by atoms with E-state index in [2.05, 4.69) is 29.5 Å². The molecule has 1 unspecified atom stereocenters. The minimum atomic E-state index is -0.892. The first kappa shape index (κ1) is 17.7. The smallest absolute Gasteiger partial charge is 0.305 e. The molecule has 0 spiro atoms. The monoisotopic (exact) mass is 329 g/mol. The van der Waals surface area contributed by atoms with Gasteiger partial charge in [0.2, 0.25) is 0 Å². The van der Waals surface area contributed by atoms with E-state index in [4.69, 9.17) is 5.11 Å². The Morgan fingerprint density at radius 3 is 2.58 bits per heavy atom. The topological polar surface area (TPSA) is 84.2 Å². The lowest BCUT2D eigenvalue weighted by atomic mass is 10.0. The first-order chi connectivity index (χ1) is 11.5. The van der Waals surface area contributed by atoms with Crippen LogP contribution >= 0.6 is 0 Å². The SMILES string of the molecule is CCCc1ccc(C(C)NC(=O)c2ccn(CCC(=O)O)n2)cc1. The second-order valence-corrected chi connectivity index (χ2v) is 5.79. The van der Waals surface area contributed by atoms with Gasteiger partial charge in [0.25, 0.3) is 5.91 Å². The van der Waals surface area contributed by atoms with Gasteiger partial charge in [-0.05, 0) is 30.5 Å². The highest BCUT2D eigenvalue weighted by Crippen LogP contribution is 2.15. The minimum Gasteiger partial charge on any atom is -0.481 e. The zero-order valence-corrected chi connectivity index (χ0v) is 14.0. The Kier molecular flexibility index (Phi) is 6.12. The number of aryl methyl sites for hydroxylation is 2. The average Bonchev–Trinajstić information content (AvgIpc) is 3.03. The number of carboxylic acids is 1. The second kappa shape index (κ2) is 8.29. The number of rotatable bonds is 8. The molecule has 0 aliphatic rings. The largest absolute Gasteiger partial charge is 0.481 e. The van der Waals surface area contributed by atoms with E-state index < -0.39 is 5.97 Å². The first-order valence-corrected chi connectivity index (χ1v) is 8.14. The van der Waals surface area contributed by atoms with Crippen LogP contribution in [0.1, 0.15) is 54.3 Å². The molecule has 2 N–H and O–H groups in total. The van der Waals surface area contributed by atoms with Crippen LogP contribution in [-0.4, -0.2) is 26.8 Å². The van der Waals surface area contributed by atoms with E-state index in [9.17, 15) is 9.59 Å². The molecule has 2 aromatic rings. The number of aromatic nitrogens is 2. The number of hydrogen-bond donors (Lipinski definition) is 2. The van der Waals surface area contributed by atoms with Crippen LogP contribution in [0.2, 0.25) is 0 Å². The van der Waals surface area contributed by atoms with Crippen molar-refractivity contribution in [3.8, 4) is 0 Å². The van der Waals surface area contributed by atoms with Crippen LogP contribution in [0.15, 0.2) is 36.5 Å². The van der Waals surface area contributed by atoms with Gasteiger partial charge in [0.1, 0.15) is 5.69 Å². The van der Waals surface area contributed by atoms with E-state index in [1.165, 1.54) is 10.2 Å². The lowest BCUT2D eigenvalue weighted by molar-refractivity contribution is -0.137. The molecule has 0 aliphatic heterocycles. The van der Waals surface area contributed by atoms with Gasteiger partial charge in [-0.1, -0.05) is 37.6 Å². The number of carbonyl (C=O) groups excluding carboxylic acids is 1. The summed E-state index contributed by atoms with van der Waals surface area (Å²) >= 11 is 0. The molecule has 128 valence electrons. The van der Waals surface area contributed by atoms with Crippen molar-refractivity contribution in [3.63, 3.8) is 0 Å². The number of benzene rings is 1. The maximum Gasteiger partial charge on any atom is 0.305 e. The molecular formula is C18H23N3O3. The van der Waals surface area contributed by atoms with Crippen molar-refractivity contribution in [1.82, 2.24) is 15.1 Å². The highest BCUT2D eigenvalue weighted by atomic mass is 16.4. The van der Waals surface area contributed by atoms with Gasteiger partial charge in [-0.3, -0.25) is 14.3 Å². The van der Waals surface area contributed by atoms with E-state index in [0.29, 0.717) is 0 Å². The zero-order valence-electron chi connectivity index (χ0n) is 14.0. The lowest BCUT2D eigenvalue weighted by Crippen LogP contribution is -2.27. The summed E-state index contributed by atoms with van der Waals surface area (Å²) in [4.78, 5) is 22.8. The Balaban J connectivity index is 1.94. The van der Waals surface area contributed by atoms with Crippen molar-refractivity contribution >= 4 is 11.9 Å². The molecule has 0 saturated heterocycles. The Labute approximate surface area is 141 Å². The van der Waals surface area contributed by atoms with Gasteiger partial charge in [0, 0.05) is 6.20 Å². The van der Waals surface area contributed by atoms with E-state index in [1.54, 1.807) is 12.3 Å². The number of carbonyl (C=O) groups is 2. The summed E-state index contributed by atoms with van der Waals surface area (Å²) in [5, 5.41) is 15.7. The third-order valence-corrected chi connectivity index (χ3v) is 3.79. The zero-order chi connectivity index (χ0) is 17.5. The summed E-state index contributed by atoms with van der Waals surface area (Å²) in [5.41, 5.74) is 2.61. The Morgan fingerprint density at radius 2 is 1.96 bits per heavy atom. The molecule has 1 aromatic carbocycles. The molecule has 0 bridgehead atoms. The van der Waals surface area contributed by atoms with Gasteiger partial charge >= 0.3 is 5.97 Å². The van der Waals surface area contributed by atoms with Gasteiger partial charge in [-0.25, -0.2) is 0 Å². The third-order valence-electron chi connectivity index (χ3n) is 3.79. The fourth-order valence-corrected chi connectivity index (χ4v) is 2.43. The molecular weight excluding hydrogens is 306 g/mol. The summed E-state index contributed by atoms with van der Waals surface area (Å²) in [5.74, 6) is -1.16. The summed E-state index contributed by atoms with van der Waals surface area (Å²) in [6.45, 7) is 4.32. The van der Waals surface area contributed by atoms with Gasteiger partial charge < -0.3 is 10.4 Å².